The summed E-state index contributed by atoms with van der Waals surface area (Å²) in [6.07, 6.45) is 3.32. The maximum absolute atomic E-state index is 11.1. The molecule has 0 atom stereocenters. The number of carboxylic acids is 1. The summed E-state index contributed by atoms with van der Waals surface area (Å²) in [5, 5.41) is 9.14. The van der Waals surface area contributed by atoms with Crippen LogP contribution in [0, 0.1) is 0 Å². The highest BCUT2D eigenvalue weighted by atomic mass is 16.5. The van der Waals surface area contributed by atoms with Crippen LogP contribution < -0.4 is 0 Å². The molecule has 0 bridgehead atoms. The molecule has 1 aliphatic rings. The fourth-order valence-electron chi connectivity index (χ4n) is 2.59. The summed E-state index contributed by atoms with van der Waals surface area (Å²) >= 11 is 0. The van der Waals surface area contributed by atoms with E-state index < -0.39 is 5.97 Å². The standard InChI is InChI=1S/C15H21NO3/c1-19-13-7-10-16(11-8-13)9-6-12-4-2-3-5-14(12)15(17)18/h2-5,13H,6-11H2,1H3,(H,17,18). The third-order valence-corrected chi connectivity index (χ3v) is 3.81. The summed E-state index contributed by atoms with van der Waals surface area (Å²) in [4.78, 5) is 13.5. The quantitative estimate of drug-likeness (QED) is 0.883. The lowest BCUT2D eigenvalue weighted by Crippen LogP contribution is -2.37. The normalized spacial score (nSPS) is 17.5. The molecule has 104 valence electrons. The van der Waals surface area contributed by atoms with E-state index in [1.54, 1.807) is 19.2 Å². The van der Waals surface area contributed by atoms with Crippen molar-refractivity contribution in [3.8, 4) is 0 Å². The molecule has 4 heteroatoms. The van der Waals surface area contributed by atoms with Crippen LogP contribution in [0.5, 0.6) is 0 Å². The second-order valence-electron chi connectivity index (χ2n) is 4.99. The molecule has 1 aromatic rings. The lowest BCUT2D eigenvalue weighted by molar-refractivity contribution is 0.0415. The number of carboxylic acid groups (broad SMARTS) is 1. The van der Waals surface area contributed by atoms with Gasteiger partial charge in [-0.25, -0.2) is 4.79 Å². The van der Waals surface area contributed by atoms with Gasteiger partial charge in [-0.3, -0.25) is 0 Å². The van der Waals surface area contributed by atoms with Gasteiger partial charge in [0.05, 0.1) is 11.7 Å². The molecule has 0 aromatic heterocycles. The number of rotatable bonds is 5. The highest BCUT2D eigenvalue weighted by Gasteiger charge is 2.18. The zero-order valence-corrected chi connectivity index (χ0v) is 11.3. The van der Waals surface area contributed by atoms with Crippen LogP contribution in [0.15, 0.2) is 24.3 Å². The Hall–Kier alpha value is -1.39. The zero-order valence-electron chi connectivity index (χ0n) is 11.3. The lowest BCUT2D eigenvalue weighted by Gasteiger charge is -2.31. The van der Waals surface area contributed by atoms with Crippen LogP contribution in [0.3, 0.4) is 0 Å². The van der Waals surface area contributed by atoms with Crippen molar-refractivity contribution in [3.63, 3.8) is 0 Å². The first kappa shape index (κ1) is 14.0. The molecule has 0 spiro atoms. The van der Waals surface area contributed by atoms with Gasteiger partial charge in [0.15, 0.2) is 0 Å². The average molecular weight is 263 g/mol. The minimum Gasteiger partial charge on any atom is -0.478 e. The second kappa shape index (κ2) is 6.68. The second-order valence-corrected chi connectivity index (χ2v) is 4.99. The van der Waals surface area contributed by atoms with E-state index in [0.29, 0.717) is 11.7 Å². The van der Waals surface area contributed by atoms with Gasteiger partial charge in [-0.1, -0.05) is 18.2 Å². The van der Waals surface area contributed by atoms with Crippen LogP contribution in [0.25, 0.3) is 0 Å². The van der Waals surface area contributed by atoms with E-state index in [1.165, 1.54) is 0 Å². The van der Waals surface area contributed by atoms with Gasteiger partial charge in [-0.15, -0.1) is 0 Å². The van der Waals surface area contributed by atoms with Crippen molar-refractivity contribution in [2.75, 3.05) is 26.7 Å². The molecule has 0 aliphatic carbocycles. The first-order valence-corrected chi connectivity index (χ1v) is 6.77. The summed E-state index contributed by atoms with van der Waals surface area (Å²) in [6.45, 7) is 2.99. The molecule has 0 radical (unpaired) electrons. The maximum Gasteiger partial charge on any atom is 0.335 e. The Morgan fingerprint density at radius 1 is 1.37 bits per heavy atom. The van der Waals surface area contributed by atoms with E-state index in [4.69, 9.17) is 9.84 Å². The summed E-state index contributed by atoms with van der Waals surface area (Å²) in [5.41, 5.74) is 1.35. The van der Waals surface area contributed by atoms with E-state index >= 15 is 0 Å². The molecule has 1 N–H and O–H groups in total. The molecular formula is C15H21NO3. The molecular weight excluding hydrogens is 242 g/mol. The van der Waals surface area contributed by atoms with Crippen LogP contribution in [0.4, 0.5) is 0 Å². The van der Waals surface area contributed by atoms with Gasteiger partial charge in [0, 0.05) is 26.7 Å². The van der Waals surface area contributed by atoms with Crippen molar-refractivity contribution in [1.82, 2.24) is 4.90 Å². The van der Waals surface area contributed by atoms with Crippen molar-refractivity contribution in [2.24, 2.45) is 0 Å². The van der Waals surface area contributed by atoms with E-state index in [2.05, 4.69) is 4.90 Å². The van der Waals surface area contributed by atoms with Crippen molar-refractivity contribution in [3.05, 3.63) is 35.4 Å². The van der Waals surface area contributed by atoms with Crippen LogP contribution >= 0.6 is 0 Å². The molecule has 1 saturated heterocycles. The summed E-state index contributed by atoms with van der Waals surface area (Å²) in [7, 11) is 1.77. The van der Waals surface area contributed by atoms with Crippen molar-refractivity contribution in [1.29, 1.82) is 0 Å². The zero-order chi connectivity index (χ0) is 13.7. The predicted molar refractivity (Wildman–Crippen MR) is 73.6 cm³/mol. The Kier molecular flexibility index (Phi) is 4.93. The predicted octanol–water partition coefficient (Wildman–Crippen LogP) is 2.04. The third kappa shape index (κ3) is 3.78. The van der Waals surface area contributed by atoms with Gasteiger partial charge in [0.25, 0.3) is 0 Å². The van der Waals surface area contributed by atoms with Crippen molar-refractivity contribution in [2.45, 2.75) is 25.4 Å². The first-order valence-electron chi connectivity index (χ1n) is 6.77. The Labute approximate surface area is 114 Å². The number of benzene rings is 1. The Balaban J connectivity index is 1.88. The van der Waals surface area contributed by atoms with Crippen LogP contribution in [-0.4, -0.2) is 48.8 Å². The topological polar surface area (TPSA) is 49.8 Å². The van der Waals surface area contributed by atoms with Crippen LogP contribution in [0.1, 0.15) is 28.8 Å². The number of hydrogen-bond donors (Lipinski definition) is 1. The summed E-state index contributed by atoms with van der Waals surface area (Å²) in [5.74, 6) is -0.839. The van der Waals surface area contributed by atoms with E-state index in [1.807, 2.05) is 12.1 Å². The van der Waals surface area contributed by atoms with Gasteiger partial charge >= 0.3 is 5.97 Å². The average Bonchev–Trinajstić information content (AvgIpc) is 2.46. The number of ether oxygens (including phenoxy) is 1. The number of likely N-dealkylation sites (tertiary alicyclic amines) is 1. The highest BCUT2D eigenvalue weighted by Crippen LogP contribution is 2.15. The number of piperidine rings is 1. The van der Waals surface area contributed by atoms with Gasteiger partial charge in [0.2, 0.25) is 0 Å². The molecule has 1 aromatic carbocycles. The smallest absolute Gasteiger partial charge is 0.335 e. The Morgan fingerprint density at radius 3 is 2.68 bits per heavy atom. The SMILES string of the molecule is COC1CCN(CCc2ccccc2C(=O)O)CC1. The minimum absolute atomic E-state index is 0.391. The molecule has 4 nitrogen and oxygen atoms in total. The molecule has 1 aliphatic heterocycles. The molecule has 0 saturated carbocycles. The third-order valence-electron chi connectivity index (χ3n) is 3.81. The van der Waals surface area contributed by atoms with Gasteiger partial charge in [-0.2, -0.15) is 0 Å². The molecule has 19 heavy (non-hydrogen) atoms. The molecule has 0 amide bonds. The molecule has 2 rings (SSSR count). The number of methoxy groups -OCH3 is 1. The van der Waals surface area contributed by atoms with E-state index in [0.717, 1.165) is 44.5 Å². The fourth-order valence-corrected chi connectivity index (χ4v) is 2.59. The maximum atomic E-state index is 11.1. The lowest BCUT2D eigenvalue weighted by atomic mass is 10.0. The number of nitrogens with zero attached hydrogens (tertiary/aromatic N) is 1. The van der Waals surface area contributed by atoms with Gasteiger partial charge in [0.1, 0.15) is 0 Å². The monoisotopic (exact) mass is 263 g/mol. The summed E-state index contributed by atoms with van der Waals surface area (Å²) < 4.78 is 5.35. The first-order chi connectivity index (χ1) is 9.20. The van der Waals surface area contributed by atoms with Crippen LogP contribution in [-0.2, 0) is 11.2 Å². The molecule has 0 unspecified atom stereocenters. The largest absolute Gasteiger partial charge is 0.478 e. The van der Waals surface area contributed by atoms with Crippen LogP contribution in [0.2, 0.25) is 0 Å². The van der Waals surface area contributed by atoms with Gasteiger partial charge < -0.3 is 14.7 Å². The number of hydrogen-bond acceptors (Lipinski definition) is 3. The molecule has 1 heterocycles. The van der Waals surface area contributed by atoms with Gasteiger partial charge in [-0.05, 0) is 30.9 Å². The Bertz CT molecular complexity index is 425. The Morgan fingerprint density at radius 2 is 2.05 bits per heavy atom. The molecule has 1 fully saturated rings. The minimum atomic E-state index is -0.839. The number of aromatic carboxylic acids is 1. The highest BCUT2D eigenvalue weighted by molar-refractivity contribution is 5.89. The summed E-state index contributed by atoms with van der Waals surface area (Å²) in [6, 6.07) is 7.26. The van der Waals surface area contributed by atoms with E-state index in [-0.39, 0.29) is 0 Å². The fraction of sp³-hybridized carbons (Fsp3) is 0.533. The van der Waals surface area contributed by atoms with Crippen molar-refractivity contribution >= 4 is 5.97 Å². The van der Waals surface area contributed by atoms with E-state index in [9.17, 15) is 4.79 Å². The number of carbonyl (C=O) groups is 1. The van der Waals surface area contributed by atoms with Crippen molar-refractivity contribution < 1.29 is 14.6 Å².